The molecule has 0 aromatic carbocycles. The number of hydrogen-bond acceptors (Lipinski definition) is 3. The fourth-order valence-corrected chi connectivity index (χ4v) is 4.09. The molecule has 2 fully saturated rings. The summed E-state index contributed by atoms with van der Waals surface area (Å²) < 4.78 is 0. The van der Waals surface area contributed by atoms with Gasteiger partial charge in [-0.15, -0.1) is 0 Å². The topological polar surface area (TPSA) is 32.5 Å². The summed E-state index contributed by atoms with van der Waals surface area (Å²) in [6.45, 7) is 8.50. The first-order valence-electron chi connectivity index (χ1n) is 8.61. The van der Waals surface area contributed by atoms with Crippen molar-refractivity contribution in [3.05, 3.63) is 0 Å². The van der Waals surface area contributed by atoms with E-state index in [2.05, 4.69) is 37.7 Å². The van der Waals surface area contributed by atoms with E-state index in [9.17, 15) is 0 Å². The molecule has 3 heteroatoms. The van der Waals surface area contributed by atoms with Crippen LogP contribution in [0.3, 0.4) is 0 Å². The Morgan fingerprint density at radius 3 is 2.60 bits per heavy atom. The van der Waals surface area contributed by atoms with Gasteiger partial charge in [-0.05, 0) is 70.5 Å². The molecule has 0 aromatic rings. The Labute approximate surface area is 125 Å². The first-order valence-corrected chi connectivity index (χ1v) is 8.61. The lowest BCUT2D eigenvalue weighted by Crippen LogP contribution is -2.50. The highest BCUT2D eigenvalue weighted by Crippen LogP contribution is 2.34. The molecule has 4 unspecified atom stereocenters. The summed E-state index contributed by atoms with van der Waals surface area (Å²) in [6, 6.07) is 1.18. The minimum Gasteiger partial charge on any atom is -0.327 e. The zero-order valence-electron chi connectivity index (χ0n) is 14.0. The molecule has 0 aromatic heterocycles. The highest BCUT2D eigenvalue weighted by molar-refractivity contribution is 4.87. The predicted molar refractivity (Wildman–Crippen MR) is 86.8 cm³/mol. The van der Waals surface area contributed by atoms with E-state index in [0.29, 0.717) is 6.04 Å². The molecule has 0 radical (unpaired) electrons. The summed E-state index contributed by atoms with van der Waals surface area (Å²) >= 11 is 0. The van der Waals surface area contributed by atoms with Crippen LogP contribution in [0.2, 0.25) is 0 Å². The third-order valence-corrected chi connectivity index (χ3v) is 5.73. The molecule has 20 heavy (non-hydrogen) atoms. The second-order valence-electron chi connectivity index (χ2n) is 7.76. The molecular weight excluding hydrogens is 246 g/mol. The molecule has 0 amide bonds. The van der Waals surface area contributed by atoms with Crippen LogP contribution in [0.15, 0.2) is 0 Å². The predicted octanol–water partition coefficient (Wildman–Crippen LogP) is 2.41. The van der Waals surface area contributed by atoms with Gasteiger partial charge in [0.25, 0.3) is 0 Å². The number of piperidine rings is 1. The summed E-state index contributed by atoms with van der Waals surface area (Å²) in [5, 5.41) is 0. The SMILES string of the molecule is CC(C)C1CCC(N)C(CN2CCCC(N(C)C)C2)C1. The lowest BCUT2D eigenvalue weighted by atomic mass is 9.73. The molecule has 1 aliphatic heterocycles. The lowest BCUT2D eigenvalue weighted by molar-refractivity contribution is 0.0888. The largest absolute Gasteiger partial charge is 0.327 e. The van der Waals surface area contributed by atoms with E-state index < -0.39 is 0 Å². The van der Waals surface area contributed by atoms with Crippen LogP contribution in [0.4, 0.5) is 0 Å². The Bertz CT molecular complexity index is 290. The maximum atomic E-state index is 6.42. The molecule has 1 heterocycles. The maximum absolute atomic E-state index is 6.42. The van der Waals surface area contributed by atoms with Gasteiger partial charge in [-0.2, -0.15) is 0 Å². The van der Waals surface area contributed by atoms with Gasteiger partial charge in [0.05, 0.1) is 0 Å². The van der Waals surface area contributed by atoms with Crippen LogP contribution in [0.1, 0.15) is 46.0 Å². The van der Waals surface area contributed by atoms with E-state index >= 15 is 0 Å². The molecule has 2 N–H and O–H groups in total. The Morgan fingerprint density at radius 2 is 1.95 bits per heavy atom. The van der Waals surface area contributed by atoms with Gasteiger partial charge in [0.15, 0.2) is 0 Å². The van der Waals surface area contributed by atoms with E-state index in [4.69, 9.17) is 5.73 Å². The molecule has 0 bridgehead atoms. The third-order valence-electron chi connectivity index (χ3n) is 5.73. The zero-order valence-corrected chi connectivity index (χ0v) is 14.0. The third kappa shape index (κ3) is 4.19. The van der Waals surface area contributed by atoms with Crippen molar-refractivity contribution in [2.75, 3.05) is 33.7 Å². The fraction of sp³-hybridized carbons (Fsp3) is 1.00. The molecule has 2 rings (SSSR count). The van der Waals surface area contributed by atoms with Gasteiger partial charge in [-0.3, -0.25) is 0 Å². The van der Waals surface area contributed by atoms with Crippen molar-refractivity contribution in [3.63, 3.8) is 0 Å². The summed E-state index contributed by atoms with van der Waals surface area (Å²) in [7, 11) is 4.44. The summed E-state index contributed by atoms with van der Waals surface area (Å²) in [6.07, 6.45) is 6.63. The Hall–Kier alpha value is -0.120. The first kappa shape index (κ1) is 16.3. The van der Waals surface area contributed by atoms with Gasteiger partial charge in [0.1, 0.15) is 0 Å². The molecule has 118 valence electrons. The summed E-state index contributed by atoms with van der Waals surface area (Å²) in [5.41, 5.74) is 6.42. The summed E-state index contributed by atoms with van der Waals surface area (Å²) in [4.78, 5) is 5.07. The van der Waals surface area contributed by atoms with Crippen LogP contribution >= 0.6 is 0 Å². The molecule has 3 nitrogen and oxygen atoms in total. The first-order chi connectivity index (χ1) is 9.47. The fourth-order valence-electron chi connectivity index (χ4n) is 4.09. The number of likely N-dealkylation sites (N-methyl/N-ethyl adjacent to an activating group) is 1. The molecule has 1 aliphatic carbocycles. The molecule has 1 saturated heterocycles. The van der Waals surface area contributed by atoms with Crippen molar-refractivity contribution >= 4 is 0 Å². The van der Waals surface area contributed by atoms with Crippen LogP contribution in [-0.4, -0.2) is 55.6 Å². The standard InChI is InChI=1S/C17H35N3/c1-13(2)14-7-8-17(18)15(10-14)11-20-9-5-6-16(12-20)19(3)4/h13-17H,5-12,18H2,1-4H3. The quantitative estimate of drug-likeness (QED) is 0.859. The number of hydrogen-bond donors (Lipinski definition) is 1. The number of nitrogens with two attached hydrogens (primary N) is 1. The van der Waals surface area contributed by atoms with Crippen molar-refractivity contribution < 1.29 is 0 Å². The van der Waals surface area contributed by atoms with Crippen LogP contribution < -0.4 is 5.73 Å². The van der Waals surface area contributed by atoms with Crippen LogP contribution in [0.25, 0.3) is 0 Å². The van der Waals surface area contributed by atoms with E-state index in [1.54, 1.807) is 0 Å². The average molecular weight is 281 g/mol. The maximum Gasteiger partial charge on any atom is 0.0217 e. The minimum absolute atomic E-state index is 0.435. The number of likely N-dealkylation sites (tertiary alicyclic amines) is 1. The van der Waals surface area contributed by atoms with E-state index in [1.165, 1.54) is 51.7 Å². The van der Waals surface area contributed by atoms with Gasteiger partial charge in [-0.1, -0.05) is 13.8 Å². The van der Waals surface area contributed by atoms with E-state index in [-0.39, 0.29) is 0 Å². The van der Waals surface area contributed by atoms with Crippen molar-refractivity contribution in [2.45, 2.75) is 58.0 Å². The second-order valence-corrected chi connectivity index (χ2v) is 7.76. The van der Waals surface area contributed by atoms with Crippen molar-refractivity contribution in [1.29, 1.82) is 0 Å². The number of rotatable bonds is 4. The van der Waals surface area contributed by atoms with E-state index in [0.717, 1.165) is 23.8 Å². The van der Waals surface area contributed by atoms with E-state index in [1.807, 2.05) is 0 Å². The molecule has 1 saturated carbocycles. The Kier molecular flexibility index (Phi) is 5.88. The minimum atomic E-state index is 0.435. The molecule has 0 spiro atoms. The zero-order chi connectivity index (χ0) is 14.7. The molecular formula is C17H35N3. The van der Waals surface area contributed by atoms with Crippen molar-refractivity contribution in [2.24, 2.45) is 23.5 Å². The number of nitrogens with zero attached hydrogens (tertiary/aromatic N) is 2. The van der Waals surface area contributed by atoms with Gasteiger partial charge in [0.2, 0.25) is 0 Å². The highest BCUT2D eigenvalue weighted by Gasteiger charge is 2.32. The normalized spacial score (nSPS) is 36.8. The average Bonchev–Trinajstić information content (AvgIpc) is 2.41. The van der Waals surface area contributed by atoms with Crippen LogP contribution in [-0.2, 0) is 0 Å². The van der Waals surface area contributed by atoms with Gasteiger partial charge in [0, 0.05) is 25.2 Å². The second kappa shape index (κ2) is 7.24. The van der Waals surface area contributed by atoms with Gasteiger partial charge in [-0.25, -0.2) is 0 Å². The molecule has 2 aliphatic rings. The smallest absolute Gasteiger partial charge is 0.0217 e. The monoisotopic (exact) mass is 281 g/mol. The Balaban J connectivity index is 1.87. The Morgan fingerprint density at radius 1 is 1.20 bits per heavy atom. The summed E-state index contributed by atoms with van der Waals surface area (Å²) in [5.74, 6) is 2.44. The van der Waals surface area contributed by atoms with Crippen molar-refractivity contribution in [1.82, 2.24) is 9.80 Å². The van der Waals surface area contributed by atoms with Gasteiger partial charge < -0.3 is 15.5 Å². The van der Waals surface area contributed by atoms with Crippen LogP contribution in [0, 0.1) is 17.8 Å². The van der Waals surface area contributed by atoms with Gasteiger partial charge >= 0.3 is 0 Å². The van der Waals surface area contributed by atoms with Crippen LogP contribution in [0.5, 0.6) is 0 Å². The molecule has 4 atom stereocenters. The highest BCUT2D eigenvalue weighted by atomic mass is 15.2. The lowest BCUT2D eigenvalue weighted by Gasteiger charge is -2.42. The van der Waals surface area contributed by atoms with Crippen molar-refractivity contribution in [3.8, 4) is 0 Å².